The average Bonchev–Trinajstić information content (AvgIpc) is 3.26. The van der Waals surface area contributed by atoms with E-state index < -0.39 is 0 Å². The van der Waals surface area contributed by atoms with Gasteiger partial charge in [-0.25, -0.2) is 4.98 Å². The highest BCUT2D eigenvalue weighted by Crippen LogP contribution is 2.25. The van der Waals surface area contributed by atoms with Gasteiger partial charge >= 0.3 is 0 Å². The first-order valence-corrected chi connectivity index (χ1v) is 7.28. The number of rotatable bonds is 5. The summed E-state index contributed by atoms with van der Waals surface area (Å²) >= 11 is 12.0. The van der Waals surface area contributed by atoms with Gasteiger partial charge in [0, 0.05) is 23.7 Å². The number of hydrogen-bond donors (Lipinski definition) is 1. The van der Waals surface area contributed by atoms with Crippen molar-refractivity contribution < 1.29 is 4.74 Å². The van der Waals surface area contributed by atoms with Gasteiger partial charge < -0.3 is 10.1 Å². The summed E-state index contributed by atoms with van der Waals surface area (Å²) in [6, 6.07) is 11.4. The fourth-order valence-corrected chi connectivity index (χ4v) is 2.10. The van der Waals surface area contributed by atoms with Gasteiger partial charge in [-0.15, -0.1) is 0 Å². The second-order valence-electron chi connectivity index (χ2n) is 4.79. The fourth-order valence-electron chi connectivity index (χ4n) is 1.80. The predicted octanol–water partition coefficient (Wildman–Crippen LogP) is 4.43. The Morgan fingerprint density at radius 3 is 2.55 bits per heavy atom. The Hall–Kier alpha value is -1.29. The van der Waals surface area contributed by atoms with Crippen molar-refractivity contribution in [2.24, 2.45) is 0 Å². The average molecular weight is 309 g/mol. The minimum absolute atomic E-state index is 0.532. The van der Waals surface area contributed by atoms with Gasteiger partial charge in [0.2, 0.25) is 5.88 Å². The molecular weight excluding hydrogens is 295 g/mol. The van der Waals surface area contributed by atoms with Crippen LogP contribution in [0.2, 0.25) is 10.0 Å². The Balaban J connectivity index is 1.71. The van der Waals surface area contributed by atoms with E-state index in [4.69, 9.17) is 27.9 Å². The standard InChI is InChI=1S/C15H14Cl2N2O/c16-10-1-5-12(6-2-10)20-15-8-7-13(17)14(19-15)9-18-11-3-4-11/h1-2,5-8,11,18H,3-4,9H2. The summed E-state index contributed by atoms with van der Waals surface area (Å²) in [5.74, 6) is 1.23. The van der Waals surface area contributed by atoms with E-state index in [1.807, 2.05) is 6.07 Å². The van der Waals surface area contributed by atoms with Gasteiger partial charge in [0.15, 0.2) is 0 Å². The van der Waals surface area contributed by atoms with Crippen molar-refractivity contribution in [1.29, 1.82) is 0 Å². The molecule has 0 amide bonds. The monoisotopic (exact) mass is 308 g/mol. The van der Waals surface area contributed by atoms with E-state index in [0.717, 1.165) is 5.69 Å². The lowest BCUT2D eigenvalue weighted by Gasteiger charge is -2.09. The van der Waals surface area contributed by atoms with Gasteiger partial charge in [-0.2, -0.15) is 0 Å². The van der Waals surface area contributed by atoms with Crippen LogP contribution < -0.4 is 10.1 Å². The largest absolute Gasteiger partial charge is 0.439 e. The highest BCUT2D eigenvalue weighted by atomic mass is 35.5. The van der Waals surface area contributed by atoms with E-state index in [2.05, 4.69) is 10.3 Å². The summed E-state index contributed by atoms with van der Waals surface area (Å²) < 4.78 is 5.70. The Labute approximate surface area is 127 Å². The van der Waals surface area contributed by atoms with Crippen LogP contribution in [0.4, 0.5) is 0 Å². The smallest absolute Gasteiger partial charge is 0.219 e. The lowest BCUT2D eigenvalue weighted by Crippen LogP contribution is -2.16. The maximum Gasteiger partial charge on any atom is 0.219 e. The van der Waals surface area contributed by atoms with Crippen LogP contribution >= 0.6 is 23.2 Å². The Kier molecular flexibility index (Phi) is 4.10. The first-order valence-electron chi connectivity index (χ1n) is 6.53. The molecular formula is C15H14Cl2N2O. The molecule has 0 saturated heterocycles. The summed E-state index contributed by atoms with van der Waals surface area (Å²) in [6.45, 7) is 0.668. The molecule has 0 bridgehead atoms. The zero-order valence-corrected chi connectivity index (χ0v) is 12.3. The van der Waals surface area contributed by atoms with Gasteiger partial charge in [0.1, 0.15) is 5.75 Å². The highest BCUT2D eigenvalue weighted by Gasteiger charge is 2.20. The first kappa shape index (κ1) is 13.7. The molecule has 20 heavy (non-hydrogen) atoms. The molecule has 5 heteroatoms. The zero-order valence-electron chi connectivity index (χ0n) is 10.8. The maximum absolute atomic E-state index is 6.15. The number of nitrogens with one attached hydrogen (secondary N) is 1. The van der Waals surface area contributed by atoms with Crippen molar-refractivity contribution in [2.75, 3.05) is 0 Å². The molecule has 3 rings (SSSR count). The van der Waals surface area contributed by atoms with Crippen LogP contribution in [-0.4, -0.2) is 11.0 Å². The van der Waals surface area contributed by atoms with Crippen LogP contribution in [0.1, 0.15) is 18.5 Å². The Morgan fingerprint density at radius 2 is 1.85 bits per heavy atom. The third-order valence-corrected chi connectivity index (χ3v) is 3.66. The van der Waals surface area contributed by atoms with Crippen molar-refractivity contribution in [2.45, 2.75) is 25.4 Å². The molecule has 104 valence electrons. The van der Waals surface area contributed by atoms with Crippen LogP contribution in [0.15, 0.2) is 36.4 Å². The minimum Gasteiger partial charge on any atom is -0.439 e. The van der Waals surface area contributed by atoms with Gasteiger partial charge in [-0.1, -0.05) is 23.2 Å². The van der Waals surface area contributed by atoms with Crippen LogP contribution in [0.3, 0.4) is 0 Å². The number of pyridine rings is 1. The number of benzene rings is 1. The Morgan fingerprint density at radius 1 is 1.10 bits per heavy atom. The van der Waals surface area contributed by atoms with Crippen molar-refractivity contribution in [3.63, 3.8) is 0 Å². The van der Waals surface area contributed by atoms with Crippen LogP contribution in [0.5, 0.6) is 11.6 Å². The predicted molar refractivity (Wildman–Crippen MR) is 80.6 cm³/mol. The minimum atomic E-state index is 0.532. The molecule has 1 saturated carbocycles. The summed E-state index contributed by atoms with van der Waals surface area (Å²) in [5, 5.41) is 4.72. The van der Waals surface area contributed by atoms with E-state index in [1.165, 1.54) is 12.8 Å². The molecule has 0 radical (unpaired) electrons. The van der Waals surface area contributed by atoms with Gasteiger partial charge in [0.05, 0.1) is 10.7 Å². The summed E-state index contributed by atoms with van der Waals surface area (Å²) in [5.41, 5.74) is 0.810. The molecule has 1 aliphatic carbocycles. The van der Waals surface area contributed by atoms with Crippen molar-refractivity contribution in [3.8, 4) is 11.6 Å². The molecule has 0 unspecified atom stereocenters. The zero-order chi connectivity index (χ0) is 13.9. The fraction of sp³-hybridized carbons (Fsp3) is 0.267. The first-order chi connectivity index (χ1) is 9.70. The van der Waals surface area contributed by atoms with Gasteiger partial charge in [-0.3, -0.25) is 0 Å². The molecule has 1 N–H and O–H groups in total. The van der Waals surface area contributed by atoms with E-state index in [-0.39, 0.29) is 0 Å². The second-order valence-corrected chi connectivity index (χ2v) is 5.63. The third-order valence-electron chi connectivity index (χ3n) is 3.06. The molecule has 1 aromatic carbocycles. The number of hydrogen-bond acceptors (Lipinski definition) is 3. The second kappa shape index (κ2) is 6.00. The molecule has 0 atom stereocenters. The van der Waals surface area contributed by atoms with E-state index >= 15 is 0 Å². The van der Waals surface area contributed by atoms with E-state index in [0.29, 0.717) is 34.3 Å². The van der Waals surface area contributed by atoms with Gasteiger partial charge in [0.25, 0.3) is 0 Å². The molecule has 0 spiro atoms. The number of nitrogens with zero attached hydrogens (tertiary/aromatic N) is 1. The quantitative estimate of drug-likeness (QED) is 0.887. The normalized spacial score (nSPS) is 14.3. The van der Waals surface area contributed by atoms with E-state index in [1.54, 1.807) is 30.3 Å². The SMILES string of the molecule is Clc1ccc(Oc2ccc(Cl)c(CNC3CC3)n2)cc1. The lowest BCUT2D eigenvalue weighted by molar-refractivity contribution is 0.459. The van der Waals surface area contributed by atoms with Crippen LogP contribution in [0, 0.1) is 0 Å². The molecule has 1 fully saturated rings. The molecule has 1 aromatic heterocycles. The Bertz CT molecular complexity index is 597. The lowest BCUT2D eigenvalue weighted by atomic mass is 10.3. The topological polar surface area (TPSA) is 34.1 Å². The summed E-state index contributed by atoms with van der Waals surface area (Å²) in [7, 11) is 0. The summed E-state index contributed by atoms with van der Waals surface area (Å²) in [4.78, 5) is 4.44. The number of aromatic nitrogens is 1. The molecule has 3 nitrogen and oxygen atoms in total. The molecule has 1 heterocycles. The van der Waals surface area contributed by atoms with Crippen LogP contribution in [-0.2, 0) is 6.54 Å². The highest BCUT2D eigenvalue weighted by molar-refractivity contribution is 6.31. The van der Waals surface area contributed by atoms with Crippen molar-refractivity contribution >= 4 is 23.2 Å². The van der Waals surface area contributed by atoms with E-state index in [9.17, 15) is 0 Å². The molecule has 0 aliphatic heterocycles. The van der Waals surface area contributed by atoms with Crippen LogP contribution in [0.25, 0.3) is 0 Å². The molecule has 2 aromatic rings. The third kappa shape index (κ3) is 3.63. The maximum atomic E-state index is 6.15. The van der Waals surface area contributed by atoms with Gasteiger partial charge in [-0.05, 0) is 43.2 Å². The number of halogens is 2. The molecule has 1 aliphatic rings. The number of ether oxygens (including phenoxy) is 1. The van der Waals surface area contributed by atoms with Crippen molar-refractivity contribution in [3.05, 3.63) is 52.1 Å². The summed E-state index contributed by atoms with van der Waals surface area (Å²) in [6.07, 6.45) is 2.47. The van der Waals surface area contributed by atoms with Crippen molar-refractivity contribution in [1.82, 2.24) is 10.3 Å².